The molecule has 0 saturated carbocycles. The summed E-state index contributed by atoms with van der Waals surface area (Å²) in [5.41, 5.74) is 2.19. The van der Waals surface area contributed by atoms with E-state index in [1.165, 1.54) is 4.90 Å². The minimum absolute atomic E-state index is 0.239. The smallest absolute Gasteiger partial charge is 0.414 e. The van der Waals surface area contributed by atoms with E-state index in [4.69, 9.17) is 19.7 Å². The lowest BCUT2D eigenvalue weighted by Gasteiger charge is -2.24. The van der Waals surface area contributed by atoms with E-state index in [0.29, 0.717) is 5.75 Å². The standard InChI is InChI=1S/C23H29NO5/c1-23(2,3)29-22(27)24(4)19-11-7-17(8-12-19)5-6-18-9-13-20(14-10-18)28-21(15-25)16-26/h5-14,21,25-26H,15-16H2,1-4H3/b6-5+. The minimum atomic E-state index is -0.617. The largest absolute Gasteiger partial charge is 0.486 e. The fourth-order valence-electron chi connectivity index (χ4n) is 2.42. The molecule has 2 rings (SSSR count). The highest BCUT2D eigenvalue weighted by Crippen LogP contribution is 2.19. The van der Waals surface area contributed by atoms with Crippen LogP contribution < -0.4 is 9.64 Å². The maximum Gasteiger partial charge on any atom is 0.414 e. The van der Waals surface area contributed by atoms with Crippen LogP contribution in [0.15, 0.2) is 48.5 Å². The fraction of sp³-hybridized carbons (Fsp3) is 0.348. The maximum absolute atomic E-state index is 12.1. The van der Waals surface area contributed by atoms with E-state index in [9.17, 15) is 4.79 Å². The second kappa shape index (κ2) is 10.1. The fourth-order valence-corrected chi connectivity index (χ4v) is 2.42. The molecular weight excluding hydrogens is 370 g/mol. The number of hydrogen-bond donors (Lipinski definition) is 2. The van der Waals surface area contributed by atoms with Gasteiger partial charge in [-0.3, -0.25) is 4.90 Å². The van der Waals surface area contributed by atoms with E-state index < -0.39 is 17.8 Å². The Morgan fingerprint density at radius 2 is 1.45 bits per heavy atom. The van der Waals surface area contributed by atoms with Crippen molar-refractivity contribution in [3.05, 3.63) is 59.7 Å². The van der Waals surface area contributed by atoms with E-state index in [2.05, 4.69) is 0 Å². The van der Waals surface area contributed by atoms with Crippen molar-refractivity contribution in [1.82, 2.24) is 0 Å². The summed E-state index contributed by atoms with van der Waals surface area (Å²) in [6.45, 7) is 5.03. The lowest BCUT2D eigenvalue weighted by molar-refractivity contribution is 0.0589. The molecule has 0 aliphatic heterocycles. The van der Waals surface area contributed by atoms with Gasteiger partial charge >= 0.3 is 6.09 Å². The van der Waals surface area contributed by atoms with Gasteiger partial charge < -0.3 is 19.7 Å². The Morgan fingerprint density at radius 3 is 1.90 bits per heavy atom. The first-order chi connectivity index (χ1) is 13.7. The number of ether oxygens (including phenoxy) is 2. The summed E-state index contributed by atoms with van der Waals surface area (Å²) in [5.74, 6) is 0.588. The molecule has 0 heterocycles. The Hall–Kier alpha value is -2.83. The molecule has 0 saturated heterocycles. The zero-order chi connectivity index (χ0) is 21.4. The van der Waals surface area contributed by atoms with Crippen LogP contribution in [0.25, 0.3) is 12.2 Å². The van der Waals surface area contributed by atoms with Crippen molar-refractivity contribution in [1.29, 1.82) is 0 Å². The Labute approximate surface area is 172 Å². The quantitative estimate of drug-likeness (QED) is 0.689. The number of aliphatic hydroxyl groups excluding tert-OH is 2. The van der Waals surface area contributed by atoms with E-state index in [0.717, 1.165) is 16.8 Å². The molecule has 156 valence electrons. The molecule has 0 atom stereocenters. The molecule has 6 nitrogen and oxygen atoms in total. The van der Waals surface area contributed by atoms with Crippen LogP contribution in [0.3, 0.4) is 0 Å². The van der Waals surface area contributed by atoms with Crippen molar-refractivity contribution in [2.45, 2.75) is 32.5 Å². The van der Waals surface area contributed by atoms with E-state index in [1.54, 1.807) is 19.2 Å². The van der Waals surface area contributed by atoms with Crippen molar-refractivity contribution in [3.63, 3.8) is 0 Å². The van der Waals surface area contributed by atoms with Gasteiger partial charge in [-0.25, -0.2) is 4.79 Å². The molecule has 0 aromatic heterocycles. The molecule has 0 unspecified atom stereocenters. The number of benzene rings is 2. The van der Waals surface area contributed by atoms with Gasteiger partial charge in [0.1, 0.15) is 17.5 Å². The third kappa shape index (κ3) is 7.25. The summed E-state index contributed by atoms with van der Waals surface area (Å²) in [6, 6.07) is 14.9. The summed E-state index contributed by atoms with van der Waals surface area (Å²) in [4.78, 5) is 13.6. The van der Waals surface area contributed by atoms with Crippen LogP contribution in [-0.2, 0) is 4.74 Å². The number of rotatable bonds is 7. The molecule has 0 radical (unpaired) electrons. The molecule has 2 N–H and O–H groups in total. The van der Waals surface area contributed by atoms with Gasteiger partial charge in [-0.2, -0.15) is 0 Å². The Kier molecular flexibility index (Phi) is 7.82. The van der Waals surface area contributed by atoms with Gasteiger partial charge in [0, 0.05) is 12.7 Å². The van der Waals surface area contributed by atoms with Crippen LogP contribution in [0.4, 0.5) is 10.5 Å². The second-order valence-electron chi connectivity index (χ2n) is 7.64. The first-order valence-corrected chi connectivity index (χ1v) is 9.45. The van der Waals surface area contributed by atoms with Gasteiger partial charge in [-0.05, 0) is 56.2 Å². The maximum atomic E-state index is 12.1. The lowest BCUT2D eigenvalue weighted by atomic mass is 10.1. The zero-order valence-corrected chi connectivity index (χ0v) is 17.3. The number of aliphatic hydroxyl groups is 2. The third-order valence-electron chi connectivity index (χ3n) is 4.01. The Balaban J connectivity index is 1.98. The molecule has 0 spiro atoms. The predicted octanol–water partition coefficient (Wildman–Crippen LogP) is 3.96. The number of amides is 1. The van der Waals surface area contributed by atoms with Gasteiger partial charge in [0.15, 0.2) is 0 Å². The highest BCUT2D eigenvalue weighted by molar-refractivity contribution is 5.87. The number of carbonyl (C=O) groups is 1. The molecule has 6 heteroatoms. The number of anilines is 1. The molecule has 0 aliphatic rings. The topological polar surface area (TPSA) is 79.2 Å². The number of hydrogen-bond acceptors (Lipinski definition) is 5. The molecule has 2 aromatic rings. The molecule has 1 amide bonds. The summed E-state index contributed by atoms with van der Waals surface area (Å²) in [7, 11) is 1.68. The minimum Gasteiger partial charge on any atom is -0.486 e. The monoisotopic (exact) mass is 399 g/mol. The summed E-state index contributed by atoms with van der Waals surface area (Å²) in [5, 5.41) is 18.1. The van der Waals surface area contributed by atoms with Crippen LogP contribution in [0.1, 0.15) is 31.9 Å². The Bertz CT molecular complexity index is 803. The van der Waals surface area contributed by atoms with Gasteiger partial charge in [-0.1, -0.05) is 36.4 Å². The third-order valence-corrected chi connectivity index (χ3v) is 4.01. The van der Waals surface area contributed by atoms with Crippen LogP contribution in [-0.4, -0.2) is 48.3 Å². The average Bonchev–Trinajstić information content (AvgIpc) is 2.70. The first-order valence-electron chi connectivity index (χ1n) is 9.45. The lowest BCUT2D eigenvalue weighted by Crippen LogP contribution is -2.34. The van der Waals surface area contributed by atoms with E-state index in [1.807, 2.05) is 69.3 Å². The predicted molar refractivity (Wildman–Crippen MR) is 115 cm³/mol. The molecule has 0 bridgehead atoms. The summed E-state index contributed by atoms with van der Waals surface area (Å²) < 4.78 is 10.8. The van der Waals surface area contributed by atoms with Crippen LogP contribution in [0.5, 0.6) is 5.75 Å². The first kappa shape index (κ1) is 22.5. The van der Waals surface area contributed by atoms with Crippen molar-refractivity contribution in [3.8, 4) is 5.75 Å². The second-order valence-corrected chi connectivity index (χ2v) is 7.64. The van der Waals surface area contributed by atoms with Crippen LogP contribution >= 0.6 is 0 Å². The Morgan fingerprint density at radius 1 is 0.966 bits per heavy atom. The van der Waals surface area contributed by atoms with Crippen molar-refractivity contribution < 1.29 is 24.5 Å². The normalized spacial score (nSPS) is 11.7. The van der Waals surface area contributed by atoms with E-state index >= 15 is 0 Å². The van der Waals surface area contributed by atoms with Gasteiger partial charge in [-0.15, -0.1) is 0 Å². The van der Waals surface area contributed by atoms with Crippen LogP contribution in [0, 0.1) is 0 Å². The molecule has 29 heavy (non-hydrogen) atoms. The summed E-state index contributed by atoms with van der Waals surface area (Å²) >= 11 is 0. The van der Waals surface area contributed by atoms with Crippen molar-refractivity contribution >= 4 is 23.9 Å². The molecule has 0 fully saturated rings. The SMILES string of the molecule is CN(C(=O)OC(C)(C)C)c1ccc(/C=C/c2ccc(OC(CO)CO)cc2)cc1. The highest BCUT2D eigenvalue weighted by Gasteiger charge is 2.20. The van der Waals surface area contributed by atoms with Crippen molar-refractivity contribution in [2.24, 2.45) is 0 Å². The van der Waals surface area contributed by atoms with Crippen molar-refractivity contribution in [2.75, 3.05) is 25.2 Å². The molecular formula is C23H29NO5. The van der Waals surface area contributed by atoms with Gasteiger partial charge in [0.25, 0.3) is 0 Å². The van der Waals surface area contributed by atoms with Crippen LogP contribution in [0.2, 0.25) is 0 Å². The van der Waals surface area contributed by atoms with Gasteiger partial charge in [0.05, 0.1) is 13.2 Å². The zero-order valence-electron chi connectivity index (χ0n) is 17.3. The van der Waals surface area contributed by atoms with Gasteiger partial charge in [0.2, 0.25) is 0 Å². The molecule has 2 aromatic carbocycles. The summed E-state index contributed by atoms with van der Waals surface area (Å²) in [6.07, 6.45) is 2.92. The number of carbonyl (C=O) groups excluding carboxylic acids is 1. The molecule has 0 aliphatic carbocycles. The average molecular weight is 399 g/mol. The number of nitrogens with zero attached hydrogens (tertiary/aromatic N) is 1. The van der Waals surface area contributed by atoms with E-state index in [-0.39, 0.29) is 13.2 Å². The highest BCUT2D eigenvalue weighted by atomic mass is 16.6.